The molecule has 1 amide bonds. The van der Waals surface area contributed by atoms with Crippen molar-refractivity contribution in [1.82, 2.24) is 4.90 Å². The second-order valence-corrected chi connectivity index (χ2v) is 6.85. The lowest BCUT2D eigenvalue weighted by molar-refractivity contribution is -0.117. The molecule has 5 heteroatoms. The highest BCUT2D eigenvalue weighted by molar-refractivity contribution is 6.31. The number of benzene rings is 2. The quantitative estimate of drug-likeness (QED) is 0.859. The Balaban J connectivity index is 1.68. The number of amides is 1. The van der Waals surface area contributed by atoms with Gasteiger partial charge in [-0.15, -0.1) is 0 Å². The fourth-order valence-corrected chi connectivity index (χ4v) is 3.52. The van der Waals surface area contributed by atoms with Gasteiger partial charge in [-0.1, -0.05) is 29.8 Å². The molecule has 1 aliphatic heterocycles. The van der Waals surface area contributed by atoms with Gasteiger partial charge in [0.1, 0.15) is 5.75 Å². The normalized spacial score (nSPS) is 17.5. The lowest BCUT2D eigenvalue weighted by atomic mass is 10.0. The summed E-state index contributed by atoms with van der Waals surface area (Å²) < 4.78 is 5.32. The highest BCUT2D eigenvalue weighted by Crippen LogP contribution is 2.33. The van der Waals surface area contributed by atoms with Gasteiger partial charge in [0, 0.05) is 16.8 Å². The van der Waals surface area contributed by atoms with E-state index in [1.807, 2.05) is 31.2 Å². The third kappa shape index (κ3) is 4.33. The van der Waals surface area contributed by atoms with Crippen LogP contribution < -0.4 is 10.1 Å². The number of hydrogen-bond acceptors (Lipinski definition) is 3. The second kappa shape index (κ2) is 7.89. The third-order valence-electron chi connectivity index (χ3n) is 4.66. The van der Waals surface area contributed by atoms with Crippen LogP contribution >= 0.6 is 11.6 Å². The van der Waals surface area contributed by atoms with E-state index in [2.05, 4.69) is 22.3 Å². The number of ether oxygens (including phenoxy) is 1. The minimum Gasteiger partial charge on any atom is -0.497 e. The maximum Gasteiger partial charge on any atom is 0.238 e. The molecule has 0 spiro atoms. The number of likely N-dealkylation sites (tertiary alicyclic amines) is 1. The topological polar surface area (TPSA) is 41.6 Å². The number of nitrogens with zero attached hydrogens (tertiary/aromatic N) is 1. The molecule has 0 unspecified atom stereocenters. The van der Waals surface area contributed by atoms with Gasteiger partial charge < -0.3 is 10.1 Å². The fraction of sp³-hybridized carbons (Fsp3) is 0.350. The lowest BCUT2D eigenvalue weighted by Crippen LogP contribution is -2.33. The van der Waals surface area contributed by atoms with Gasteiger partial charge in [0.25, 0.3) is 0 Å². The van der Waals surface area contributed by atoms with E-state index in [1.165, 1.54) is 5.56 Å². The first-order valence-corrected chi connectivity index (χ1v) is 8.88. The molecule has 2 aromatic carbocycles. The van der Waals surface area contributed by atoms with E-state index >= 15 is 0 Å². The number of anilines is 1. The minimum absolute atomic E-state index is 0.0137. The molecule has 0 bridgehead atoms. The number of hydrogen-bond donors (Lipinski definition) is 1. The van der Waals surface area contributed by atoms with Crippen molar-refractivity contribution in [3.8, 4) is 5.75 Å². The van der Waals surface area contributed by atoms with Gasteiger partial charge in [-0.2, -0.15) is 0 Å². The molecule has 132 valence electrons. The van der Waals surface area contributed by atoms with Crippen LogP contribution in [0, 0.1) is 6.92 Å². The predicted molar refractivity (Wildman–Crippen MR) is 101 cm³/mol. The van der Waals surface area contributed by atoms with Crippen LogP contribution in [-0.2, 0) is 4.79 Å². The van der Waals surface area contributed by atoms with E-state index in [0.29, 0.717) is 11.6 Å². The zero-order valence-electron chi connectivity index (χ0n) is 14.6. The minimum atomic E-state index is -0.0137. The van der Waals surface area contributed by atoms with E-state index in [9.17, 15) is 4.79 Å². The molecule has 0 aliphatic carbocycles. The summed E-state index contributed by atoms with van der Waals surface area (Å²) in [5.74, 6) is 0.837. The average molecular weight is 359 g/mol. The second-order valence-electron chi connectivity index (χ2n) is 6.41. The third-order valence-corrected chi connectivity index (χ3v) is 4.90. The molecule has 2 aromatic rings. The Morgan fingerprint density at radius 2 is 2.16 bits per heavy atom. The van der Waals surface area contributed by atoms with Crippen LogP contribution in [-0.4, -0.2) is 31.0 Å². The van der Waals surface area contributed by atoms with E-state index < -0.39 is 0 Å². The van der Waals surface area contributed by atoms with E-state index in [0.717, 1.165) is 36.4 Å². The summed E-state index contributed by atoms with van der Waals surface area (Å²) in [6, 6.07) is 13.9. The monoisotopic (exact) mass is 358 g/mol. The Bertz CT molecular complexity index is 763. The van der Waals surface area contributed by atoms with E-state index in [-0.39, 0.29) is 11.9 Å². The predicted octanol–water partition coefficient (Wildman–Crippen LogP) is 4.43. The Hall–Kier alpha value is -2.04. The Kier molecular flexibility index (Phi) is 5.61. The summed E-state index contributed by atoms with van der Waals surface area (Å²) in [6.07, 6.45) is 2.14. The van der Waals surface area contributed by atoms with Crippen LogP contribution in [0.2, 0.25) is 5.02 Å². The van der Waals surface area contributed by atoms with Crippen molar-refractivity contribution in [2.24, 2.45) is 0 Å². The average Bonchev–Trinajstić information content (AvgIpc) is 3.06. The SMILES string of the molecule is COc1cccc([C@H]2CCCN2CC(=O)Nc2cc(Cl)ccc2C)c1. The molecule has 1 heterocycles. The highest BCUT2D eigenvalue weighted by atomic mass is 35.5. The maximum atomic E-state index is 12.5. The van der Waals surface area contributed by atoms with Gasteiger partial charge in [-0.25, -0.2) is 0 Å². The zero-order chi connectivity index (χ0) is 17.8. The lowest BCUT2D eigenvalue weighted by Gasteiger charge is -2.24. The number of aryl methyl sites for hydroxylation is 1. The van der Waals surface area contributed by atoms with Crippen molar-refractivity contribution < 1.29 is 9.53 Å². The number of halogens is 1. The van der Waals surface area contributed by atoms with Gasteiger partial charge in [-0.3, -0.25) is 9.69 Å². The molecular formula is C20H23ClN2O2. The number of nitrogens with one attached hydrogen (secondary N) is 1. The standard InChI is InChI=1S/C20H23ClN2O2/c1-14-8-9-16(21)12-18(14)22-20(24)13-23-10-4-7-19(23)15-5-3-6-17(11-15)25-2/h3,5-6,8-9,11-12,19H,4,7,10,13H2,1-2H3,(H,22,24)/t19-/m1/s1. The van der Waals surface area contributed by atoms with Gasteiger partial charge in [0.05, 0.1) is 13.7 Å². The Morgan fingerprint density at radius 3 is 2.96 bits per heavy atom. The van der Waals surface area contributed by atoms with Crippen LogP contribution in [0.3, 0.4) is 0 Å². The Labute approximate surface area is 153 Å². The van der Waals surface area contributed by atoms with Gasteiger partial charge in [0.2, 0.25) is 5.91 Å². The molecule has 0 aromatic heterocycles. The number of methoxy groups -OCH3 is 1. The van der Waals surface area contributed by atoms with Crippen LogP contribution in [0.5, 0.6) is 5.75 Å². The summed E-state index contributed by atoms with van der Waals surface area (Å²) in [5.41, 5.74) is 2.97. The molecule has 4 nitrogen and oxygen atoms in total. The van der Waals surface area contributed by atoms with Crippen molar-refractivity contribution in [3.63, 3.8) is 0 Å². The van der Waals surface area contributed by atoms with Gasteiger partial charge in [0.15, 0.2) is 0 Å². The molecule has 1 fully saturated rings. The first-order valence-electron chi connectivity index (χ1n) is 8.51. The van der Waals surface area contributed by atoms with Gasteiger partial charge in [-0.05, 0) is 61.7 Å². The summed E-state index contributed by atoms with van der Waals surface area (Å²) in [5, 5.41) is 3.60. The van der Waals surface area contributed by atoms with Crippen molar-refractivity contribution >= 4 is 23.2 Å². The van der Waals surface area contributed by atoms with Gasteiger partial charge >= 0.3 is 0 Å². The van der Waals surface area contributed by atoms with E-state index in [1.54, 1.807) is 13.2 Å². The highest BCUT2D eigenvalue weighted by Gasteiger charge is 2.27. The molecule has 0 saturated carbocycles. The Morgan fingerprint density at radius 1 is 1.32 bits per heavy atom. The molecule has 1 N–H and O–H groups in total. The first kappa shape index (κ1) is 17.8. The van der Waals surface area contributed by atoms with Crippen molar-refractivity contribution in [3.05, 3.63) is 58.6 Å². The summed E-state index contributed by atoms with van der Waals surface area (Å²) in [7, 11) is 1.67. The zero-order valence-corrected chi connectivity index (χ0v) is 15.3. The molecule has 3 rings (SSSR count). The molecule has 1 aliphatic rings. The van der Waals surface area contributed by atoms with Crippen LogP contribution in [0.15, 0.2) is 42.5 Å². The largest absolute Gasteiger partial charge is 0.497 e. The maximum absolute atomic E-state index is 12.5. The molecule has 1 saturated heterocycles. The summed E-state index contributed by atoms with van der Waals surface area (Å²) in [6.45, 7) is 3.25. The summed E-state index contributed by atoms with van der Waals surface area (Å²) in [4.78, 5) is 14.7. The number of carbonyl (C=O) groups is 1. The van der Waals surface area contributed by atoms with Crippen LogP contribution in [0.1, 0.15) is 30.0 Å². The van der Waals surface area contributed by atoms with E-state index in [4.69, 9.17) is 16.3 Å². The number of rotatable bonds is 5. The molecule has 25 heavy (non-hydrogen) atoms. The van der Waals surface area contributed by atoms with Crippen LogP contribution in [0.25, 0.3) is 0 Å². The summed E-state index contributed by atoms with van der Waals surface area (Å²) >= 11 is 6.03. The molecule has 0 radical (unpaired) electrons. The molecule has 1 atom stereocenters. The smallest absolute Gasteiger partial charge is 0.238 e. The van der Waals surface area contributed by atoms with Crippen molar-refractivity contribution in [1.29, 1.82) is 0 Å². The van der Waals surface area contributed by atoms with Crippen molar-refractivity contribution in [2.75, 3.05) is 25.5 Å². The first-order chi connectivity index (χ1) is 12.1. The number of carbonyl (C=O) groups excluding carboxylic acids is 1. The fourth-order valence-electron chi connectivity index (χ4n) is 3.34. The van der Waals surface area contributed by atoms with Crippen LogP contribution in [0.4, 0.5) is 5.69 Å². The molecular weight excluding hydrogens is 336 g/mol. The van der Waals surface area contributed by atoms with Crippen molar-refractivity contribution in [2.45, 2.75) is 25.8 Å².